The molecule has 0 spiro atoms. The first kappa shape index (κ1) is 13.2. The lowest BCUT2D eigenvalue weighted by atomic mass is 10.1. The van der Waals surface area contributed by atoms with Gasteiger partial charge in [-0.2, -0.15) is 0 Å². The molecule has 0 aliphatic carbocycles. The highest BCUT2D eigenvalue weighted by Crippen LogP contribution is 2.07. The highest BCUT2D eigenvalue weighted by Gasteiger charge is 2.16. The van der Waals surface area contributed by atoms with Crippen LogP contribution in [0, 0.1) is 0 Å². The van der Waals surface area contributed by atoms with E-state index in [2.05, 4.69) is 10.6 Å². The number of nitrogens with zero attached hydrogens (tertiary/aromatic N) is 1. The predicted molar refractivity (Wildman–Crippen MR) is 69.3 cm³/mol. The number of carbonyl (C=O) groups is 1. The third-order valence-corrected chi connectivity index (χ3v) is 2.79. The molecule has 4 nitrogen and oxygen atoms in total. The second-order valence-electron chi connectivity index (χ2n) is 4.42. The van der Waals surface area contributed by atoms with Crippen molar-refractivity contribution in [1.82, 2.24) is 15.5 Å². The average Bonchev–Trinajstić information content (AvgIpc) is 2.26. The van der Waals surface area contributed by atoms with E-state index in [1.807, 2.05) is 18.7 Å². The average molecular weight is 243 g/mol. The molecule has 1 rings (SSSR count). The summed E-state index contributed by atoms with van der Waals surface area (Å²) in [5.41, 5.74) is 0. The summed E-state index contributed by atoms with van der Waals surface area (Å²) in [6.07, 6.45) is 3.49. The Kier molecular flexibility index (Phi) is 5.52. The lowest BCUT2D eigenvalue weighted by Gasteiger charge is -2.27. The van der Waals surface area contributed by atoms with Crippen LogP contribution >= 0.6 is 12.2 Å². The van der Waals surface area contributed by atoms with Crippen LogP contribution in [-0.4, -0.2) is 41.6 Å². The fourth-order valence-electron chi connectivity index (χ4n) is 1.72. The number of piperidine rings is 1. The van der Waals surface area contributed by atoms with Crippen LogP contribution in [0.5, 0.6) is 0 Å². The van der Waals surface area contributed by atoms with Crippen molar-refractivity contribution in [1.29, 1.82) is 0 Å². The second kappa shape index (κ2) is 6.68. The molecule has 1 amide bonds. The van der Waals surface area contributed by atoms with Gasteiger partial charge in [0, 0.05) is 19.1 Å². The number of likely N-dealkylation sites (tertiary alicyclic amines) is 1. The third-order valence-electron chi connectivity index (χ3n) is 2.53. The van der Waals surface area contributed by atoms with Crippen LogP contribution in [0.3, 0.4) is 0 Å². The molecule has 2 N–H and O–H groups in total. The van der Waals surface area contributed by atoms with E-state index >= 15 is 0 Å². The van der Waals surface area contributed by atoms with E-state index in [-0.39, 0.29) is 5.91 Å². The fourth-order valence-corrected chi connectivity index (χ4v) is 2.03. The van der Waals surface area contributed by atoms with Crippen molar-refractivity contribution in [2.75, 3.05) is 19.6 Å². The Labute approximate surface area is 103 Å². The fraction of sp³-hybridized carbons (Fsp3) is 0.818. The summed E-state index contributed by atoms with van der Waals surface area (Å²) in [6, 6.07) is 0.296. The summed E-state index contributed by atoms with van der Waals surface area (Å²) in [4.78, 5) is 13.7. The number of carbonyl (C=O) groups excluding carboxylic acids is 1. The monoisotopic (exact) mass is 243 g/mol. The molecular weight excluding hydrogens is 222 g/mol. The normalized spacial score (nSPS) is 16.1. The number of nitrogens with one attached hydrogen (secondary N) is 2. The van der Waals surface area contributed by atoms with E-state index in [0.29, 0.717) is 17.7 Å². The van der Waals surface area contributed by atoms with Crippen LogP contribution in [0.15, 0.2) is 0 Å². The van der Waals surface area contributed by atoms with Crippen LogP contribution in [-0.2, 0) is 4.79 Å². The van der Waals surface area contributed by atoms with Gasteiger partial charge in [0.2, 0.25) is 5.91 Å². The van der Waals surface area contributed by atoms with E-state index in [9.17, 15) is 4.79 Å². The van der Waals surface area contributed by atoms with Gasteiger partial charge in [-0.05, 0) is 45.3 Å². The smallest absolute Gasteiger partial charge is 0.241 e. The minimum absolute atomic E-state index is 0.146. The minimum atomic E-state index is 0.146. The molecule has 1 fully saturated rings. The van der Waals surface area contributed by atoms with E-state index < -0.39 is 0 Å². The van der Waals surface area contributed by atoms with Crippen molar-refractivity contribution < 1.29 is 4.79 Å². The standard InChI is InChI=1S/C11H21N3OS/c1-9(2)13-11(16)12-8-10(15)14-6-4-3-5-7-14/h9H,3-8H2,1-2H3,(H2,12,13,16). The van der Waals surface area contributed by atoms with Gasteiger partial charge in [0.1, 0.15) is 0 Å². The molecule has 1 saturated heterocycles. The largest absolute Gasteiger partial charge is 0.361 e. The number of rotatable bonds is 3. The van der Waals surface area contributed by atoms with Gasteiger partial charge in [0.05, 0.1) is 6.54 Å². The molecule has 1 heterocycles. The number of thiocarbonyl (C=S) groups is 1. The van der Waals surface area contributed by atoms with Gasteiger partial charge in [0.15, 0.2) is 5.11 Å². The van der Waals surface area contributed by atoms with Crippen LogP contribution in [0.2, 0.25) is 0 Å². The third kappa shape index (κ3) is 4.79. The summed E-state index contributed by atoms with van der Waals surface area (Å²) < 4.78 is 0. The van der Waals surface area contributed by atoms with Crippen molar-refractivity contribution in [3.8, 4) is 0 Å². The first-order valence-electron chi connectivity index (χ1n) is 5.91. The lowest BCUT2D eigenvalue weighted by Crippen LogP contribution is -2.46. The Hall–Kier alpha value is -0.840. The summed E-state index contributed by atoms with van der Waals surface area (Å²) in [6.45, 7) is 6.12. The Morgan fingerprint density at radius 1 is 1.31 bits per heavy atom. The molecule has 0 radical (unpaired) electrons. The first-order valence-corrected chi connectivity index (χ1v) is 6.32. The molecule has 1 aliphatic rings. The molecule has 5 heteroatoms. The van der Waals surface area contributed by atoms with Gasteiger partial charge >= 0.3 is 0 Å². The predicted octanol–water partition coefficient (Wildman–Crippen LogP) is 0.871. The molecule has 92 valence electrons. The maximum Gasteiger partial charge on any atom is 0.241 e. The Morgan fingerprint density at radius 3 is 2.50 bits per heavy atom. The zero-order chi connectivity index (χ0) is 12.0. The molecule has 0 bridgehead atoms. The zero-order valence-corrected chi connectivity index (χ0v) is 10.9. The first-order chi connectivity index (χ1) is 7.59. The van der Waals surface area contributed by atoms with Crippen LogP contribution in [0.1, 0.15) is 33.1 Å². The summed E-state index contributed by atoms with van der Waals surface area (Å²) in [7, 11) is 0. The molecular formula is C11H21N3OS. The van der Waals surface area contributed by atoms with E-state index in [1.165, 1.54) is 6.42 Å². The SMILES string of the molecule is CC(C)NC(=S)NCC(=O)N1CCCCC1. The van der Waals surface area contributed by atoms with Gasteiger partial charge in [-0.25, -0.2) is 0 Å². The van der Waals surface area contributed by atoms with Crippen LogP contribution in [0.4, 0.5) is 0 Å². The van der Waals surface area contributed by atoms with Gasteiger partial charge in [-0.3, -0.25) is 4.79 Å². The highest BCUT2D eigenvalue weighted by atomic mass is 32.1. The molecule has 1 aliphatic heterocycles. The van der Waals surface area contributed by atoms with Gasteiger partial charge in [0.25, 0.3) is 0 Å². The van der Waals surface area contributed by atoms with E-state index in [4.69, 9.17) is 12.2 Å². The summed E-state index contributed by atoms with van der Waals surface area (Å²) >= 11 is 5.06. The molecule has 0 aromatic rings. The van der Waals surface area contributed by atoms with Crippen LogP contribution in [0.25, 0.3) is 0 Å². The number of hydrogen-bond acceptors (Lipinski definition) is 2. The molecule has 16 heavy (non-hydrogen) atoms. The van der Waals surface area contributed by atoms with Crippen molar-refractivity contribution in [2.45, 2.75) is 39.2 Å². The Bertz CT molecular complexity index is 250. The molecule has 0 aromatic carbocycles. The minimum Gasteiger partial charge on any atom is -0.361 e. The summed E-state index contributed by atoms with van der Waals surface area (Å²) in [5, 5.41) is 6.55. The highest BCUT2D eigenvalue weighted by molar-refractivity contribution is 7.80. The molecule has 0 atom stereocenters. The maximum absolute atomic E-state index is 11.8. The van der Waals surface area contributed by atoms with E-state index in [0.717, 1.165) is 25.9 Å². The quantitative estimate of drug-likeness (QED) is 0.722. The van der Waals surface area contributed by atoms with Crippen molar-refractivity contribution in [3.05, 3.63) is 0 Å². The van der Waals surface area contributed by atoms with Crippen LogP contribution < -0.4 is 10.6 Å². The van der Waals surface area contributed by atoms with Crippen molar-refractivity contribution in [3.63, 3.8) is 0 Å². The van der Waals surface area contributed by atoms with E-state index in [1.54, 1.807) is 0 Å². The molecule has 0 saturated carbocycles. The topological polar surface area (TPSA) is 44.4 Å². The van der Waals surface area contributed by atoms with Crippen molar-refractivity contribution >= 4 is 23.2 Å². The Morgan fingerprint density at radius 2 is 1.94 bits per heavy atom. The second-order valence-corrected chi connectivity index (χ2v) is 4.83. The number of amides is 1. The number of hydrogen-bond donors (Lipinski definition) is 2. The maximum atomic E-state index is 11.8. The molecule has 0 aromatic heterocycles. The zero-order valence-electron chi connectivity index (χ0n) is 10.1. The van der Waals surface area contributed by atoms with Gasteiger partial charge in [-0.15, -0.1) is 0 Å². The van der Waals surface area contributed by atoms with Gasteiger partial charge < -0.3 is 15.5 Å². The molecule has 0 unspecified atom stereocenters. The summed E-state index contributed by atoms with van der Waals surface area (Å²) in [5.74, 6) is 0.146. The van der Waals surface area contributed by atoms with Gasteiger partial charge in [-0.1, -0.05) is 0 Å². The van der Waals surface area contributed by atoms with Crippen molar-refractivity contribution in [2.24, 2.45) is 0 Å². The Balaban J connectivity index is 2.21. The lowest BCUT2D eigenvalue weighted by molar-refractivity contribution is -0.130.